The second-order valence-electron chi connectivity index (χ2n) is 9.24. The maximum Gasteiger partial charge on any atom is 0.416 e. The van der Waals surface area contributed by atoms with Crippen LogP contribution in [0.4, 0.5) is 23.2 Å². The van der Waals surface area contributed by atoms with E-state index in [1.54, 1.807) is 6.07 Å². The molecule has 2 aromatic rings. The highest BCUT2D eigenvalue weighted by Gasteiger charge is 2.33. The Kier molecular flexibility index (Phi) is 5.70. The van der Waals surface area contributed by atoms with Crippen LogP contribution in [-0.2, 0) is 6.18 Å². The molecule has 0 radical (unpaired) electrons. The van der Waals surface area contributed by atoms with Gasteiger partial charge in [-0.25, -0.2) is 4.39 Å². The predicted molar refractivity (Wildman–Crippen MR) is 116 cm³/mol. The van der Waals surface area contributed by atoms with Crippen LogP contribution >= 0.6 is 0 Å². The third-order valence-corrected chi connectivity index (χ3v) is 6.61. The lowest BCUT2D eigenvalue weighted by Gasteiger charge is -2.27. The van der Waals surface area contributed by atoms with Gasteiger partial charge >= 0.3 is 6.18 Å². The molecule has 2 aliphatic carbocycles. The first-order chi connectivity index (χ1) is 15.8. The van der Waals surface area contributed by atoms with Gasteiger partial charge in [-0.2, -0.15) is 13.2 Å². The first-order valence-corrected chi connectivity index (χ1v) is 11.5. The third-order valence-electron chi connectivity index (χ3n) is 6.61. The maximum absolute atomic E-state index is 14.8. The van der Waals surface area contributed by atoms with Crippen LogP contribution < -0.4 is 15.0 Å². The number of carbonyl (C=O) groups is 1. The van der Waals surface area contributed by atoms with E-state index in [-0.39, 0.29) is 29.5 Å². The molecule has 3 fully saturated rings. The van der Waals surface area contributed by atoms with E-state index in [4.69, 9.17) is 4.74 Å². The number of hydrogen-bond donors (Lipinski definition) is 1. The van der Waals surface area contributed by atoms with Crippen LogP contribution in [0.25, 0.3) is 0 Å². The first kappa shape index (κ1) is 22.0. The predicted octanol–water partition coefficient (Wildman–Crippen LogP) is 5.66. The number of benzene rings is 2. The zero-order valence-corrected chi connectivity index (χ0v) is 18.1. The number of nitrogens with one attached hydrogen (secondary N) is 1. The van der Waals surface area contributed by atoms with Crippen molar-refractivity contribution in [1.29, 1.82) is 0 Å². The monoisotopic (exact) mass is 462 g/mol. The van der Waals surface area contributed by atoms with Crippen molar-refractivity contribution >= 4 is 11.6 Å². The third kappa shape index (κ3) is 4.94. The molecular weight excluding hydrogens is 436 g/mol. The Labute approximate surface area is 189 Å². The summed E-state index contributed by atoms with van der Waals surface area (Å²) in [6.07, 6.45) is 1.20. The zero-order valence-electron chi connectivity index (χ0n) is 18.1. The highest BCUT2D eigenvalue weighted by Crippen LogP contribution is 2.45. The Bertz CT molecular complexity index is 1030. The summed E-state index contributed by atoms with van der Waals surface area (Å²) < 4.78 is 59.5. The molecule has 5 rings (SSSR count). The molecule has 176 valence electrons. The van der Waals surface area contributed by atoms with E-state index in [0.29, 0.717) is 12.4 Å². The van der Waals surface area contributed by atoms with Gasteiger partial charge in [-0.05, 0) is 80.3 Å². The zero-order chi connectivity index (χ0) is 23.2. The fourth-order valence-corrected chi connectivity index (χ4v) is 4.45. The number of rotatable bonds is 7. The highest BCUT2D eigenvalue weighted by atomic mass is 19.4. The number of ether oxygens (including phenoxy) is 1. The summed E-state index contributed by atoms with van der Waals surface area (Å²) >= 11 is 0. The SMILES string of the molecule is O=C(NC1CC1)c1cc(C2CC2)c(OC[C@H]2CCCN2c2ccc(C(F)(F)F)cc2)cc1F. The molecule has 33 heavy (non-hydrogen) atoms. The fraction of sp³-hybridized carbons (Fsp3) is 0.480. The van der Waals surface area contributed by atoms with Crippen LogP contribution in [0.1, 0.15) is 65.9 Å². The molecule has 0 bridgehead atoms. The van der Waals surface area contributed by atoms with Crippen molar-refractivity contribution in [1.82, 2.24) is 5.32 Å². The molecule has 1 N–H and O–H groups in total. The van der Waals surface area contributed by atoms with Crippen LogP contribution in [0.5, 0.6) is 5.75 Å². The van der Waals surface area contributed by atoms with Gasteiger partial charge in [-0.3, -0.25) is 4.79 Å². The van der Waals surface area contributed by atoms with Crippen molar-refractivity contribution in [3.63, 3.8) is 0 Å². The van der Waals surface area contributed by atoms with E-state index in [0.717, 1.165) is 68.5 Å². The van der Waals surface area contributed by atoms with Crippen molar-refractivity contribution in [2.24, 2.45) is 0 Å². The van der Waals surface area contributed by atoms with Gasteiger partial charge in [0, 0.05) is 24.3 Å². The second kappa shape index (κ2) is 8.54. The van der Waals surface area contributed by atoms with Crippen LogP contribution in [-0.4, -0.2) is 31.1 Å². The van der Waals surface area contributed by atoms with Crippen LogP contribution in [0.3, 0.4) is 0 Å². The first-order valence-electron chi connectivity index (χ1n) is 11.5. The van der Waals surface area contributed by atoms with Crippen LogP contribution in [0.15, 0.2) is 36.4 Å². The van der Waals surface area contributed by atoms with E-state index >= 15 is 0 Å². The lowest BCUT2D eigenvalue weighted by molar-refractivity contribution is -0.137. The Morgan fingerprint density at radius 3 is 2.42 bits per heavy atom. The highest BCUT2D eigenvalue weighted by molar-refractivity contribution is 5.95. The van der Waals surface area contributed by atoms with Crippen LogP contribution in [0, 0.1) is 5.82 Å². The minimum absolute atomic E-state index is 0.0188. The smallest absolute Gasteiger partial charge is 0.416 e. The molecule has 4 nitrogen and oxygen atoms in total. The van der Waals surface area contributed by atoms with E-state index in [2.05, 4.69) is 5.32 Å². The standard InChI is InChI=1S/C25H26F4N2O2/c26-22-13-23(20(15-3-4-15)12-21(22)24(32)30-17-7-8-17)33-14-19-2-1-11-31(19)18-9-5-16(6-10-18)25(27,28)29/h5-6,9-10,12-13,15,17,19H,1-4,7-8,11,14H2,(H,30,32)/t19-/m1/s1. The molecule has 1 heterocycles. The topological polar surface area (TPSA) is 41.6 Å². The van der Waals surface area contributed by atoms with Gasteiger partial charge in [0.05, 0.1) is 17.2 Å². The molecule has 1 atom stereocenters. The van der Waals surface area contributed by atoms with Crippen molar-refractivity contribution in [3.05, 3.63) is 58.9 Å². The average molecular weight is 462 g/mol. The maximum atomic E-state index is 14.8. The molecule has 2 saturated carbocycles. The summed E-state index contributed by atoms with van der Waals surface area (Å²) in [4.78, 5) is 14.5. The fourth-order valence-electron chi connectivity index (χ4n) is 4.45. The molecule has 3 aliphatic rings. The number of hydrogen-bond acceptors (Lipinski definition) is 3. The van der Waals surface area contributed by atoms with Gasteiger partial charge < -0.3 is 15.0 Å². The summed E-state index contributed by atoms with van der Waals surface area (Å²) in [5.74, 6) is -0.258. The van der Waals surface area contributed by atoms with Crippen molar-refractivity contribution < 1.29 is 27.1 Å². The van der Waals surface area contributed by atoms with E-state index in [9.17, 15) is 22.4 Å². The largest absolute Gasteiger partial charge is 0.491 e. The Hall–Kier alpha value is -2.77. The van der Waals surface area contributed by atoms with Crippen molar-refractivity contribution in [2.45, 2.75) is 62.7 Å². The van der Waals surface area contributed by atoms with E-state index < -0.39 is 17.6 Å². The second-order valence-corrected chi connectivity index (χ2v) is 9.24. The molecular formula is C25H26F4N2O2. The summed E-state index contributed by atoms with van der Waals surface area (Å²) in [7, 11) is 0. The summed E-state index contributed by atoms with van der Waals surface area (Å²) in [5.41, 5.74) is 0.961. The van der Waals surface area contributed by atoms with Crippen LogP contribution in [0.2, 0.25) is 0 Å². The minimum Gasteiger partial charge on any atom is -0.491 e. The summed E-state index contributed by atoms with van der Waals surface area (Å²) in [6, 6.07) is 8.24. The molecule has 0 unspecified atom stereocenters. The van der Waals surface area contributed by atoms with Gasteiger partial charge in [0.1, 0.15) is 18.2 Å². The average Bonchev–Trinajstić information content (AvgIpc) is 3.71. The van der Waals surface area contributed by atoms with Gasteiger partial charge in [0.25, 0.3) is 5.91 Å². The minimum atomic E-state index is -4.36. The Balaban J connectivity index is 1.30. The normalized spacial score (nSPS) is 20.7. The Morgan fingerprint density at radius 1 is 1.06 bits per heavy atom. The van der Waals surface area contributed by atoms with Gasteiger partial charge in [0.2, 0.25) is 0 Å². The molecule has 0 spiro atoms. The summed E-state index contributed by atoms with van der Waals surface area (Å²) in [6.45, 7) is 1.03. The Morgan fingerprint density at radius 2 is 1.79 bits per heavy atom. The number of halogens is 4. The van der Waals surface area contributed by atoms with Crippen molar-refractivity contribution in [3.8, 4) is 5.75 Å². The quantitative estimate of drug-likeness (QED) is 0.540. The van der Waals surface area contributed by atoms with Gasteiger partial charge in [0.15, 0.2) is 0 Å². The van der Waals surface area contributed by atoms with E-state index in [1.807, 2.05) is 4.90 Å². The van der Waals surface area contributed by atoms with Gasteiger partial charge in [-0.15, -0.1) is 0 Å². The number of nitrogens with zero attached hydrogens (tertiary/aromatic N) is 1. The molecule has 0 aromatic heterocycles. The van der Waals surface area contributed by atoms with E-state index in [1.165, 1.54) is 18.2 Å². The van der Waals surface area contributed by atoms with Crippen molar-refractivity contribution in [2.75, 3.05) is 18.1 Å². The number of alkyl halides is 3. The lowest BCUT2D eigenvalue weighted by Crippen LogP contribution is -2.34. The number of anilines is 1. The molecule has 8 heteroatoms. The number of amides is 1. The summed E-state index contributed by atoms with van der Waals surface area (Å²) in [5, 5.41) is 2.83. The van der Waals surface area contributed by atoms with Gasteiger partial charge in [-0.1, -0.05) is 0 Å². The number of carbonyl (C=O) groups excluding carboxylic acids is 1. The lowest BCUT2D eigenvalue weighted by atomic mass is 10.0. The molecule has 1 amide bonds. The molecule has 1 aliphatic heterocycles. The molecule has 1 saturated heterocycles. The molecule has 2 aromatic carbocycles.